The highest BCUT2D eigenvalue weighted by Crippen LogP contribution is 2.18. The molecular weight excluding hydrogens is 248 g/mol. The van der Waals surface area contributed by atoms with Gasteiger partial charge < -0.3 is 20.1 Å². The summed E-state index contributed by atoms with van der Waals surface area (Å²) >= 11 is 0. The summed E-state index contributed by atoms with van der Waals surface area (Å²) < 4.78 is 5.03. The van der Waals surface area contributed by atoms with E-state index in [0.29, 0.717) is 17.3 Å². The summed E-state index contributed by atoms with van der Waals surface area (Å²) in [4.78, 5) is 24.7. The minimum atomic E-state index is -1.15. The van der Waals surface area contributed by atoms with Gasteiger partial charge in [-0.1, -0.05) is 0 Å². The predicted octanol–water partition coefficient (Wildman–Crippen LogP) is 1.83. The quantitative estimate of drug-likeness (QED) is 0.780. The molecule has 0 aliphatic rings. The molecule has 2 rings (SSSR count). The van der Waals surface area contributed by atoms with Crippen LogP contribution in [0.3, 0.4) is 0 Å². The molecule has 1 aromatic heterocycles. The van der Waals surface area contributed by atoms with E-state index in [9.17, 15) is 9.59 Å². The highest BCUT2D eigenvalue weighted by molar-refractivity contribution is 5.88. The fraction of sp³-hybridized carbons (Fsp3) is 0.0769. The van der Waals surface area contributed by atoms with E-state index >= 15 is 0 Å². The number of benzene rings is 1. The molecule has 0 fully saturated rings. The minimum Gasteiger partial charge on any atom is -0.497 e. The molecule has 0 unspecified atom stereocenters. The number of hydrogen-bond donors (Lipinski definition) is 3. The van der Waals surface area contributed by atoms with Crippen molar-refractivity contribution in [2.45, 2.75) is 0 Å². The zero-order valence-corrected chi connectivity index (χ0v) is 10.1. The first-order valence-electron chi connectivity index (χ1n) is 5.47. The normalized spacial score (nSPS) is 9.95. The van der Waals surface area contributed by atoms with Crippen molar-refractivity contribution in [3.05, 3.63) is 52.3 Å². The third kappa shape index (κ3) is 3.12. The van der Waals surface area contributed by atoms with Gasteiger partial charge in [-0.25, -0.2) is 4.79 Å². The van der Waals surface area contributed by atoms with Crippen LogP contribution in [0.4, 0.5) is 11.5 Å². The number of rotatable bonds is 4. The molecule has 0 amide bonds. The Bertz CT molecular complexity index is 646. The number of pyridine rings is 1. The first kappa shape index (κ1) is 12.7. The van der Waals surface area contributed by atoms with Gasteiger partial charge in [-0.3, -0.25) is 4.79 Å². The highest BCUT2D eigenvalue weighted by Gasteiger charge is 2.06. The summed E-state index contributed by atoms with van der Waals surface area (Å²) in [5.41, 5.74) is 0.162. The number of carboxylic acid groups (broad SMARTS) is 1. The number of aromatic nitrogens is 1. The topological polar surface area (TPSA) is 91.4 Å². The van der Waals surface area contributed by atoms with Gasteiger partial charge in [0.1, 0.15) is 11.6 Å². The van der Waals surface area contributed by atoms with Crippen LogP contribution in [0.15, 0.2) is 41.2 Å². The number of hydrogen-bond acceptors (Lipinski definition) is 4. The Morgan fingerprint density at radius 3 is 2.53 bits per heavy atom. The van der Waals surface area contributed by atoms with Crippen LogP contribution in [0.25, 0.3) is 0 Å². The summed E-state index contributed by atoms with van der Waals surface area (Å²) in [7, 11) is 1.57. The maximum Gasteiger partial charge on any atom is 0.336 e. The van der Waals surface area contributed by atoms with Gasteiger partial charge in [-0.15, -0.1) is 0 Å². The summed E-state index contributed by atoms with van der Waals surface area (Å²) in [5, 5.41) is 11.8. The molecule has 0 saturated carbocycles. The maximum absolute atomic E-state index is 11.3. The Morgan fingerprint density at radius 1 is 1.26 bits per heavy atom. The standard InChI is InChI=1S/C13H12N2O4/c1-19-10-4-2-9(3-5-10)14-11-6-8(13(17)18)7-12(16)15-11/h2-7H,1H3,(H,17,18)(H2,14,15,16). The van der Waals surface area contributed by atoms with Crippen LogP contribution in [0, 0.1) is 0 Å². The molecule has 0 bridgehead atoms. The van der Waals surface area contributed by atoms with E-state index in [0.717, 1.165) is 6.07 Å². The summed E-state index contributed by atoms with van der Waals surface area (Å²) in [6, 6.07) is 9.40. The number of aromatic amines is 1. The molecule has 19 heavy (non-hydrogen) atoms. The number of methoxy groups -OCH3 is 1. The molecule has 3 N–H and O–H groups in total. The van der Waals surface area contributed by atoms with Crippen molar-refractivity contribution in [3.63, 3.8) is 0 Å². The molecule has 0 saturated heterocycles. The van der Waals surface area contributed by atoms with Crippen LogP contribution in [-0.4, -0.2) is 23.2 Å². The minimum absolute atomic E-state index is 0.0697. The number of anilines is 2. The van der Waals surface area contributed by atoms with E-state index < -0.39 is 11.5 Å². The number of ether oxygens (including phenoxy) is 1. The van der Waals surface area contributed by atoms with Crippen LogP contribution < -0.4 is 15.6 Å². The highest BCUT2D eigenvalue weighted by atomic mass is 16.5. The smallest absolute Gasteiger partial charge is 0.336 e. The molecule has 98 valence electrons. The van der Waals surface area contributed by atoms with Crippen molar-refractivity contribution in [1.82, 2.24) is 4.98 Å². The number of aromatic carboxylic acids is 1. The lowest BCUT2D eigenvalue weighted by Gasteiger charge is -2.07. The lowest BCUT2D eigenvalue weighted by molar-refractivity contribution is 0.0696. The largest absolute Gasteiger partial charge is 0.497 e. The summed E-state index contributed by atoms with van der Waals surface area (Å²) in [6.45, 7) is 0. The molecule has 2 aromatic rings. The molecular formula is C13H12N2O4. The second-order valence-corrected chi connectivity index (χ2v) is 3.81. The fourth-order valence-electron chi connectivity index (χ4n) is 1.56. The van der Waals surface area contributed by atoms with Gasteiger partial charge in [0.2, 0.25) is 5.56 Å². The van der Waals surface area contributed by atoms with E-state index in [2.05, 4.69) is 10.3 Å². The van der Waals surface area contributed by atoms with Gasteiger partial charge in [0, 0.05) is 11.8 Å². The molecule has 6 heteroatoms. The molecule has 0 spiro atoms. The Hall–Kier alpha value is -2.76. The monoisotopic (exact) mass is 260 g/mol. The summed E-state index contributed by atoms with van der Waals surface area (Å²) in [6.07, 6.45) is 0. The van der Waals surface area contributed by atoms with Crippen LogP contribution in [0.5, 0.6) is 5.75 Å². The zero-order valence-electron chi connectivity index (χ0n) is 10.1. The fourth-order valence-corrected chi connectivity index (χ4v) is 1.56. The van der Waals surface area contributed by atoms with E-state index in [1.54, 1.807) is 31.4 Å². The average molecular weight is 260 g/mol. The van der Waals surface area contributed by atoms with Crippen molar-refractivity contribution < 1.29 is 14.6 Å². The molecule has 0 atom stereocenters. The predicted molar refractivity (Wildman–Crippen MR) is 70.3 cm³/mol. The van der Waals surface area contributed by atoms with Gasteiger partial charge in [0.15, 0.2) is 0 Å². The lowest BCUT2D eigenvalue weighted by Crippen LogP contribution is -2.11. The molecule has 1 heterocycles. The zero-order chi connectivity index (χ0) is 13.8. The first-order valence-corrected chi connectivity index (χ1v) is 5.47. The number of carboxylic acids is 1. The van der Waals surface area contributed by atoms with Gasteiger partial charge in [0.25, 0.3) is 0 Å². The Morgan fingerprint density at radius 2 is 1.95 bits per heavy atom. The van der Waals surface area contributed by atoms with E-state index in [4.69, 9.17) is 9.84 Å². The lowest BCUT2D eigenvalue weighted by atomic mass is 10.2. The van der Waals surface area contributed by atoms with Crippen molar-refractivity contribution in [2.75, 3.05) is 12.4 Å². The van der Waals surface area contributed by atoms with Gasteiger partial charge in [-0.2, -0.15) is 0 Å². The van der Waals surface area contributed by atoms with Crippen molar-refractivity contribution in [1.29, 1.82) is 0 Å². The maximum atomic E-state index is 11.3. The molecule has 1 aromatic carbocycles. The van der Waals surface area contributed by atoms with Gasteiger partial charge >= 0.3 is 5.97 Å². The SMILES string of the molecule is COc1ccc(Nc2cc(C(=O)O)cc(=O)[nH]2)cc1. The Kier molecular flexibility index (Phi) is 3.51. The molecule has 0 aliphatic carbocycles. The van der Waals surface area contributed by atoms with Crippen LogP contribution in [-0.2, 0) is 0 Å². The van der Waals surface area contributed by atoms with Crippen molar-refractivity contribution in [2.24, 2.45) is 0 Å². The van der Waals surface area contributed by atoms with Crippen LogP contribution >= 0.6 is 0 Å². The molecule has 0 radical (unpaired) electrons. The van der Waals surface area contributed by atoms with Crippen molar-refractivity contribution >= 4 is 17.5 Å². The second-order valence-electron chi connectivity index (χ2n) is 3.81. The van der Waals surface area contributed by atoms with E-state index in [-0.39, 0.29) is 5.56 Å². The Balaban J connectivity index is 2.27. The molecule has 0 aliphatic heterocycles. The van der Waals surface area contributed by atoms with Gasteiger partial charge in [-0.05, 0) is 30.3 Å². The number of nitrogens with one attached hydrogen (secondary N) is 2. The summed E-state index contributed by atoms with van der Waals surface area (Å²) in [5.74, 6) is -0.128. The second kappa shape index (κ2) is 5.26. The van der Waals surface area contributed by atoms with Crippen LogP contribution in [0.2, 0.25) is 0 Å². The average Bonchev–Trinajstić information content (AvgIpc) is 2.39. The first-order chi connectivity index (χ1) is 9.08. The van der Waals surface area contributed by atoms with E-state index in [1.165, 1.54) is 6.07 Å². The van der Waals surface area contributed by atoms with E-state index in [1.807, 2.05) is 0 Å². The number of carbonyl (C=O) groups is 1. The van der Waals surface area contributed by atoms with Crippen LogP contribution in [0.1, 0.15) is 10.4 Å². The number of H-pyrrole nitrogens is 1. The van der Waals surface area contributed by atoms with Gasteiger partial charge in [0.05, 0.1) is 12.7 Å². The third-order valence-corrected chi connectivity index (χ3v) is 2.46. The molecule has 6 nitrogen and oxygen atoms in total. The Labute approximate surface area is 108 Å². The third-order valence-electron chi connectivity index (χ3n) is 2.46. The van der Waals surface area contributed by atoms with Crippen molar-refractivity contribution in [3.8, 4) is 5.75 Å².